The van der Waals surface area contributed by atoms with Gasteiger partial charge in [-0.15, -0.1) is 0 Å². The fraction of sp³-hybridized carbons (Fsp3) is 0.588. The molecule has 0 spiro atoms. The average molecular weight is 287 g/mol. The fourth-order valence-electron chi connectivity index (χ4n) is 3.85. The second-order valence-electron chi connectivity index (χ2n) is 6.11. The van der Waals surface area contributed by atoms with Crippen LogP contribution in [0.4, 0.5) is 0 Å². The molecule has 21 heavy (non-hydrogen) atoms. The van der Waals surface area contributed by atoms with E-state index in [1.807, 2.05) is 25.9 Å². The van der Waals surface area contributed by atoms with Gasteiger partial charge in [0, 0.05) is 32.0 Å². The molecule has 1 aromatic heterocycles. The molecule has 3 rings (SSSR count). The number of methoxy groups -OCH3 is 1. The molecule has 1 aromatic carbocycles. The maximum atomic E-state index is 5.95. The van der Waals surface area contributed by atoms with Gasteiger partial charge >= 0.3 is 0 Å². The summed E-state index contributed by atoms with van der Waals surface area (Å²) in [7, 11) is 5.91. The molecular formula is C17H25N3O. The van der Waals surface area contributed by atoms with E-state index in [-0.39, 0.29) is 5.60 Å². The fourth-order valence-corrected chi connectivity index (χ4v) is 3.85. The monoisotopic (exact) mass is 287 g/mol. The maximum Gasteiger partial charge on any atom is 0.0834 e. The first-order valence-electron chi connectivity index (χ1n) is 7.83. The first-order chi connectivity index (χ1) is 10.2. The molecule has 1 aliphatic carbocycles. The van der Waals surface area contributed by atoms with Crippen molar-refractivity contribution in [1.29, 1.82) is 0 Å². The molecule has 0 radical (unpaired) electrons. The van der Waals surface area contributed by atoms with Crippen molar-refractivity contribution in [2.75, 3.05) is 14.2 Å². The number of nitrogens with one attached hydrogen (secondary N) is 1. The molecule has 0 saturated heterocycles. The molecule has 4 nitrogen and oxygen atoms in total. The van der Waals surface area contributed by atoms with Gasteiger partial charge in [0.1, 0.15) is 0 Å². The number of rotatable bonds is 5. The van der Waals surface area contributed by atoms with Crippen molar-refractivity contribution in [2.45, 2.75) is 43.7 Å². The van der Waals surface area contributed by atoms with Gasteiger partial charge in [0.25, 0.3) is 0 Å². The number of hydrogen-bond donors (Lipinski definition) is 1. The lowest BCUT2D eigenvalue weighted by Crippen LogP contribution is -2.50. The standard InChI is InChI=1S/C17H25N3O/c1-18-16(17(21-3)10-6-7-11-17)12-14-13-8-4-5-9-15(13)20(2)19-14/h4-5,8-9,16,18H,6-7,10-12H2,1-3H3. The first-order valence-corrected chi connectivity index (χ1v) is 7.83. The Hall–Kier alpha value is -1.39. The van der Waals surface area contributed by atoms with Crippen LogP contribution in [0.15, 0.2) is 24.3 Å². The lowest BCUT2D eigenvalue weighted by Gasteiger charge is -2.36. The van der Waals surface area contributed by atoms with Crippen LogP contribution in [0, 0.1) is 0 Å². The number of aromatic nitrogens is 2. The van der Waals surface area contributed by atoms with E-state index in [0.29, 0.717) is 6.04 Å². The third kappa shape index (κ3) is 2.47. The second kappa shape index (κ2) is 5.78. The molecule has 1 aliphatic rings. The van der Waals surface area contributed by atoms with Crippen LogP contribution in [0.5, 0.6) is 0 Å². The van der Waals surface area contributed by atoms with Crippen molar-refractivity contribution in [1.82, 2.24) is 15.1 Å². The molecule has 0 amide bonds. The Labute approximate surface area is 126 Å². The Morgan fingerprint density at radius 2 is 2.05 bits per heavy atom. The van der Waals surface area contributed by atoms with Crippen LogP contribution in [0.25, 0.3) is 10.9 Å². The van der Waals surface area contributed by atoms with Gasteiger partial charge in [0.15, 0.2) is 0 Å². The van der Waals surface area contributed by atoms with Gasteiger partial charge in [-0.2, -0.15) is 5.10 Å². The van der Waals surface area contributed by atoms with Crippen LogP contribution in [0.3, 0.4) is 0 Å². The Kier molecular flexibility index (Phi) is 4.00. The van der Waals surface area contributed by atoms with Gasteiger partial charge < -0.3 is 10.1 Å². The molecule has 1 unspecified atom stereocenters. The quantitative estimate of drug-likeness (QED) is 0.919. The summed E-state index contributed by atoms with van der Waals surface area (Å²) in [6.45, 7) is 0. The van der Waals surface area contributed by atoms with Crippen LogP contribution in [-0.2, 0) is 18.2 Å². The Morgan fingerprint density at radius 1 is 1.33 bits per heavy atom. The lowest BCUT2D eigenvalue weighted by atomic mass is 9.88. The summed E-state index contributed by atoms with van der Waals surface area (Å²) in [5.41, 5.74) is 2.32. The number of aryl methyl sites for hydroxylation is 1. The Morgan fingerprint density at radius 3 is 2.71 bits per heavy atom. The zero-order valence-corrected chi connectivity index (χ0v) is 13.2. The van der Waals surface area contributed by atoms with Crippen LogP contribution in [0.1, 0.15) is 31.4 Å². The van der Waals surface area contributed by atoms with E-state index in [1.165, 1.54) is 23.7 Å². The molecular weight excluding hydrogens is 262 g/mol. The minimum absolute atomic E-state index is 0.0344. The second-order valence-corrected chi connectivity index (χ2v) is 6.11. The zero-order valence-electron chi connectivity index (χ0n) is 13.2. The zero-order chi connectivity index (χ0) is 14.9. The third-order valence-corrected chi connectivity index (χ3v) is 5.07. The van der Waals surface area contributed by atoms with E-state index < -0.39 is 0 Å². The highest BCUT2D eigenvalue weighted by atomic mass is 16.5. The maximum absolute atomic E-state index is 5.95. The smallest absolute Gasteiger partial charge is 0.0834 e. The van der Waals surface area contributed by atoms with E-state index in [4.69, 9.17) is 9.84 Å². The van der Waals surface area contributed by atoms with E-state index in [0.717, 1.165) is 25.0 Å². The minimum atomic E-state index is -0.0344. The molecule has 1 heterocycles. The SMILES string of the molecule is CNC(Cc1nn(C)c2ccccc12)C1(OC)CCCC1. The van der Waals surface area contributed by atoms with Crippen molar-refractivity contribution in [2.24, 2.45) is 7.05 Å². The number of likely N-dealkylation sites (N-methyl/N-ethyl adjacent to an activating group) is 1. The Balaban J connectivity index is 1.92. The summed E-state index contributed by atoms with van der Waals surface area (Å²) >= 11 is 0. The molecule has 1 saturated carbocycles. The van der Waals surface area contributed by atoms with Gasteiger partial charge in [0.2, 0.25) is 0 Å². The molecule has 2 aromatic rings. The summed E-state index contributed by atoms with van der Waals surface area (Å²) in [4.78, 5) is 0. The van der Waals surface area contributed by atoms with Crippen molar-refractivity contribution < 1.29 is 4.74 Å². The van der Waals surface area contributed by atoms with Crippen molar-refractivity contribution >= 4 is 10.9 Å². The highest BCUT2D eigenvalue weighted by molar-refractivity contribution is 5.81. The van der Waals surface area contributed by atoms with Gasteiger partial charge in [0.05, 0.1) is 16.8 Å². The molecule has 0 aliphatic heterocycles. The first kappa shape index (κ1) is 14.5. The molecule has 4 heteroatoms. The summed E-state index contributed by atoms with van der Waals surface area (Å²) in [5, 5.41) is 9.47. The normalized spacial score (nSPS) is 19.2. The van der Waals surface area contributed by atoms with Gasteiger partial charge in [-0.1, -0.05) is 31.0 Å². The third-order valence-electron chi connectivity index (χ3n) is 5.07. The lowest BCUT2D eigenvalue weighted by molar-refractivity contribution is -0.0338. The van der Waals surface area contributed by atoms with E-state index >= 15 is 0 Å². The highest BCUT2D eigenvalue weighted by Crippen LogP contribution is 2.37. The number of para-hydroxylation sites is 1. The number of ether oxygens (including phenoxy) is 1. The minimum Gasteiger partial charge on any atom is -0.377 e. The topological polar surface area (TPSA) is 39.1 Å². The van der Waals surface area contributed by atoms with Crippen LogP contribution in [-0.4, -0.2) is 35.6 Å². The number of fused-ring (bicyclic) bond motifs is 1. The van der Waals surface area contributed by atoms with Crippen molar-refractivity contribution in [3.63, 3.8) is 0 Å². The van der Waals surface area contributed by atoms with Gasteiger partial charge in [-0.25, -0.2) is 0 Å². The largest absolute Gasteiger partial charge is 0.377 e. The molecule has 1 fully saturated rings. The van der Waals surface area contributed by atoms with Crippen molar-refractivity contribution in [3.8, 4) is 0 Å². The number of hydrogen-bond acceptors (Lipinski definition) is 3. The molecule has 1 N–H and O–H groups in total. The van der Waals surface area contributed by atoms with Crippen LogP contribution < -0.4 is 5.32 Å². The number of benzene rings is 1. The summed E-state index contributed by atoms with van der Waals surface area (Å²) in [5.74, 6) is 0. The predicted octanol–water partition coefficient (Wildman–Crippen LogP) is 2.66. The van der Waals surface area contributed by atoms with Crippen molar-refractivity contribution in [3.05, 3.63) is 30.0 Å². The predicted molar refractivity (Wildman–Crippen MR) is 85.5 cm³/mol. The molecule has 1 atom stereocenters. The highest BCUT2D eigenvalue weighted by Gasteiger charge is 2.41. The van der Waals surface area contributed by atoms with E-state index in [9.17, 15) is 0 Å². The molecule has 0 bridgehead atoms. The summed E-state index contributed by atoms with van der Waals surface area (Å²) < 4.78 is 7.92. The molecule has 114 valence electrons. The summed E-state index contributed by atoms with van der Waals surface area (Å²) in [6.07, 6.45) is 5.70. The van der Waals surface area contributed by atoms with Crippen LogP contribution in [0.2, 0.25) is 0 Å². The van der Waals surface area contributed by atoms with E-state index in [2.05, 4.69) is 29.6 Å². The van der Waals surface area contributed by atoms with Gasteiger partial charge in [-0.3, -0.25) is 4.68 Å². The average Bonchev–Trinajstić information content (AvgIpc) is 3.11. The van der Waals surface area contributed by atoms with Gasteiger partial charge in [-0.05, 0) is 26.0 Å². The summed E-state index contributed by atoms with van der Waals surface area (Å²) in [6, 6.07) is 8.75. The van der Waals surface area contributed by atoms with E-state index in [1.54, 1.807) is 0 Å². The van der Waals surface area contributed by atoms with Crippen LogP contribution >= 0.6 is 0 Å². The number of nitrogens with zero attached hydrogens (tertiary/aromatic N) is 2. The Bertz CT molecular complexity index is 614.